The summed E-state index contributed by atoms with van der Waals surface area (Å²) in [7, 11) is 2.09. The molecule has 0 bridgehead atoms. The second-order valence-corrected chi connectivity index (χ2v) is 6.76. The lowest BCUT2D eigenvalue weighted by Crippen LogP contribution is -2.54. The molecule has 1 aliphatic heterocycles. The first kappa shape index (κ1) is 22.3. The van der Waals surface area contributed by atoms with Gasteiger partial charge in [-0.1, -0.05) is 6.07 Å². The molecule has 9 nitrogen and oxygen atoms in total. The van der Waals surface area contributed by atoms with Crippen molar-refractivity contribution in [3.05, 3.63) is 28.5 Å². The van der Waals surface area contributed by atoms with Crippen LogP contribution < -0.4 is 15.3 Å². The van der Waals surface area contributed by atoms with Crippen LogP contribution in [0.1, 0.15) is 24.1 Å². The van der Waals surface area contributed by atoms with Crippen molar-refractivity contribution in [3.8, 4) is 0 Å². The molecule has 0 aromatic carbocycles. The Balaban J connectivity index is 0.000000271. The number of carboxylic acid groups (broad SMARTS) is 3. The predicted molar refractivity (Wildman–Crippen MR) is 92.1 cm³/mol. The molecule has 0 unspecified atom stereocenters. The summed E-state index contributed by atoms with van der Waals surface area (Å²) in [6.45, 7) is 2.09. The van der Waals surface area contributed by atoms with Crippen LogP contribution in [0, 0.1) is 0 Å². The van der Waals surface area contributed by atoms with Gasteiger partial charge in [-0.3, -0.25) is 4.99 Å². The smallest absolute Gasteiger partial charge is 0.123 e. The van der Waals surface area contributed by atoms with Gasteiger partial charge in [-0.25, -0.2) is 0 Å². The van der Waals surface area contributed by atoms with E-state index in [0.717, 1.165) is 18.9 Å². The van der Waals surface area contributed by atoms with E-state index in [4.69, 9.17) is 5.11 Å². The highest BCUT2D eigenvalue weighted by Crippen LogP contribution is 2.13. The first-order valence-electron chi connectivity index (χ1n) is 7.95. The highest BCUT2D eigenvalue weighted by Gasteiger charge is 2.29. The number of thiophene rings is 1. The standard InChI is InChI=1S/C11H14N2S.C6H8O7/c1-13-8-3-7-12-11(13)6-5-10-4-2-9-14-10;7-3(8)1-6(13,5(11)12)2-4(9)10/h2,4-6,9H,3,7-8H2,1H3;13H,1-2H2,(H,7,8)(H,9,10)(H,11,12)/p-3/b6-5+;. The monoisotopic (exact) mass is 395 g/mol. The Labute approximate surface area is 159 Å². The van der Waals surface area contributed by atoms with Crippen molar-refractivity contribution in [2.75, 3.05) is 20.1 Å². The fourth-order valence-electron chi connectivity index (χ4n) is 2.14. The van der Waals surface area contributed by atoms with E-state index < -0.39 is 36.4 Å². The number of likely N-dealkylation sites (N-methyl/N-ethyl adjacent to an activating group) is 1. The number of hydrogen-bond donors (Lipinski definition) is 1. The largest absolute Gasteiger partial charge is 0.550 e. The van der Waals surface area contributed by atoms with E-state index in [-0.39, 0.29) is 0 Å². The zero-order valence-electron chi connectivity index (χ0n) is 14.6. The van der Waals surface area contributed by atoms with E-state index in [2.05, 4.69) is 46.6 Å². The number of nitrogens with zero attached hydrogens (tertiary/aromatic N) is 2. The van der Waals surface area contributed by atoms with Crippen LogP contribution in [0.25, 0.3) is 6.08 Å². The number of rotatable bonds is 7. The average Bonchev–Trinajstić information content (AvgIpc) is 3.06. The molecular formula is C17H19N2O7S-3. The zero-order chi connectivity index (χ0) is 20.4. The maximum atomic E-state index is 10.1. The molecule has 1 aromatic heterocycles. The van der Waals surface area contributed by atoms with Gasteiger partial charge in [0.2, 0.25) is 0 Å². The second-order valence-electron chi connectivity index (χ2n) is 5.78. The number of carbonyl (C=O) groups is 3. The number of aliphatic hydroxyl groups is 1. The van der Waals surface area contributed by atoms with Gasteiger partial charge in [0.05, 0.1) is 5.97 Å². The lowest BCUT2D eigenvalue weighted by Gasteiger charge is -2.29. The van der Waals surface area contributed by atoms with Crippen LogP contribution >= 0.6 is 11.3 Å². The van der Waals surface area contributed by atoms with Gasteiger partial charge in [0, 0.05) is 49.8 Å². The lowest BCUT2D eigenvalue weighted by molar-refractivity contribution is -0.339. The van der Waals surface area contributed by atoms with Crippen molar-refractivity contribution < 1.29 is 34.8 Å². The van der Waals surface area contributed by atoms with Crippen molar-refractivity contribution >= 4 is 41.2 Å². The molecule has 2 rings (SSSR count). The molecule has 27 heavy (non-hydrogen) atoms. The summed E-state index contributed by atoms with van der Waals surface area (Å²) in [5.74, 6) is -4.88. The maximum absolute atomic E-state index is 10.1. The Morgan fingerprint density at radius 1 is 1.26 bits per heavy atom. The Kier molecular flexibility index (Phi) is 8.63. The highest BCUT2D eigenvalue weighted by atomic mass is 32.1. The summed E-state index contributed by atoms with van der Waals surface area (Å²) >= 11 is 1.75. The molecule has 0 saturated heterocycles. The van der Waals surface area contributed by atoms with Gasteiger partial charge < -0.3 is 39.7 Å². The number of carboxylic acids is 3. The Morgan fingerprint density at radius 2 is 1.89 bits per heavy atom. The first-order chi connectivity index (χ1) is 12.6. The summed E-state index contributed by atoms with van der Waals surface area (Å²) in [4.78, 5) is 38.0. The lowest BCUT2D eigenvalue weighted by atomic mass is 9.96. The summed E-state index contributed by atoms with van der Waals surface area (Å²) in [5, 5.41) is 41.0. The first-order valence-corrected chi connectivity index (χ1v) is 8.82. The summed E-state index contributed by atoms with van der Waals surface area (Å²) < 4.78 is 0. The van der Waals surface area contributed by atoms with Crippen molar-refractivity contribution in [1.29, 1.82) is 0 Å². The molecule has 0 saturated carbocycles. The Hall–Kier alpha value is -2.72. The fraction of sp³-hybridized carbons (Fsp3) is 0.412. The highest BCUT2D eigenvalue weighted by molar-refractivity contribution is 7.10. The van der Waals surface area contributed by atoms with Gasteiger partial charge >= 0.3 is 0 Å². The molecule has 0 spiro atoms. The van der Waals surface area contributed by atoms with Crippen LogP contribution in [0.4, 0.5) is 0 Å². The maximum Gasteiger partial charge on any atom is 0.123 e. The van der Waals surface area contributed by atoms with E-state index in [1.165, 1.54) is 11.3 Å². The molecule has 2 heterocycles. The molecule has 1 aromatic rings. The molecule has 1 N–H and O–H groups in total. The van der Waals surface area contributed by atoms with Gasteiger partial charge in [0.25, 0.3) is 0 Å². The van der Waals surface area contributed by atoms with Crippen molar-refractivity contribution in [2.24, 2.45) is 4.99 Å². The predicted octanol–water partition coefficient (Wildman–Crippen LogP) is -2.76. The molecule has 1 aliphatic rings. The van der Waals surface area contributed by atoms with Crippen LogP contribution in [0.5, 0.6) is 0 Å². The van der Waals surface area contributed by atoms with E-state index >= 15 is 0 Å². The van der Waals surface area contributed by atoms with Gasteiger partial charge in [0.1, 0.15) is 11.4 Å². The van der Waals surface area contributed by atoms with E-state index in [1.54, 1.807) is 11.3 Å². The fourth-order valence-corrected chi connectivity index (χ4v) is 2.76. The number of carbonyl (C=O) groups excluding carboxylic acids is 3. The van der Waals surface area contributed by atoms with Crippen molar-refractivity contribution in [2.45, 2.75) is 24.9 Å². The minimum absolute atomic E-state index is 0.967. The molecule has 10 heteroatoms. The summed E-state index contributed by atoms with van der Waals surface area (Å²) in [5.41, 5.74) is -2.97. The number of aliphatic imine (C=N–C) groups is 1. The normalized spacial score (nSPS) is 14.3. The number of hydrogen-bond acceptors (Lipinski definition) is 10. The van der Waals surface area contributed by atoms with Crippen LogP contribution in [-0.2, 0) is 14.4 Å². The third-order valence-corrected chi connectivity index (χ3v) is 4.35. The van der Waals surface area contributed by atoms with Gasteiger partial charge in [0.15, 0.2) is 0 Å². The van der Waals surface area contributed by atoms with Crippen LogP contribution in [0.3, 0.4) is 0 Å². The molecule has 0 amide bonds. The van der Waals surface area contributed by atoms with Gasteiger partial charge in [-0.05, 0) is 30.0 Å². The van der Waals surface area contributed by atoms with E-state index in [0.29, 0.717) is 0 Å². The SMILES string of the molecule is CN1CCCN=C1/C=C/c1cccs1.O=C([O-])CC(O)(CC(=O)[O-])C(=O)[O-]. The minimum atomic E-state index is -2.97. The number of amidine groups is 1. The van der Waals surface area contributed by atoms with Crippen molar-refractivity contribution in [1.82, 2.24) is 4.90 Å². The van der Waals surface area contributed by atoms with Gasteiger partial charge in [-0.15, -0.1) is 11.3 Å². The third kappa shape index (κ3) is 8.01. The zero-order valence-corrected chi connectivity index (χ0v) is 15.4. The Morgan fingerprint density at radius 3 is 2.33 bits per heavy atom. The second kappa shape index (κ2) is 10.4. The number of aliphatic carboxylic acids is 3. The van der Waals surface area contributed by atoms with Crippen LogP contribution in [-0.4, -0.2) is 59.5 Å². The average molecular weight is 395 g/mol. The summed E-state index contributed by atoms with van der Waals surface area (Å²) in [6.07, 6.45) is 2.69. The van der Waals surface area contributed by atoms with E-state index in [1.807, 2.05) is 0 Å². The van der Waals surface area contributed by atoms with E-state index in [9.17, 15) is 29.7 Å². The molecule has 0 fully saturated rings. The van der Waals surface area contributed by atoms with Crippen molar-refractivity contribution in [3.63, 3.8) is 0 Å². The van der Waals surface area contributed by atoms with Crippen LogP contribution in [0.15, 0.2) is 28.6 Å². The molecule has 0 aliphatic carbocycles. The quantitative estimate of drug-likeness (QED) is 0.520. The molecule has 148 valence electrons. The van der Waals surface area contributed by atoms with Gasteiger partial charge in [-0.2, -0.15) is 0 Å². The third-order valence-electron chi connectivity index (χ3n) is 3.51. The minimum Gasteiger partial charge on any atom is -0.550 e. The summed E-state index contributed by atoms with van der Waals surface area (Å²) in [6, 6.07) is 4.18. The molecule has 0 radical (unpaired) electrons. The topological polar surface area (TPSA) is 156 Å². The molecular weight excluding hydrogens is 376 g/mol. The Bertz CT molecular complexity index is 697. The van der Waals surface area contributed by atoms with Crippen LogP contribution in [0.2, 0.25) is 0 Å². The molecule has 0 atom stereocenters.